The van der Waals surface area contributed by atoms with Crippen LogP contribution in [-0.4, -0.2) is 34.6 Å². The molecule has 132 valence electrons. The van der Waals surface area contributed by atoms with Gasteiger partial charge in [-0.1, -0.05) is 23.1 Å². The first-order chi connectivity index (χ1) is 10.9. The van der Waals surface area contributed by atoms with Crippen molar-refractivity contribution in [1.82, 2.24) is 4.98 Å². The van der Waals surface area contributed by atoms with E-state index in [-0.39, 0.29) is 10.7 Å². The lowest BCUT2D eigenvalue weighted by atomic mass is 10.2. The fraction of sp³-hybridized carbons (Fsp3) is 0.600. The minimum absolute atomic E-state index is 0.0737. The van der Waals surface area contributed by atoms with Gasteiger partial charge in [0, 0.05) is 0 Å². The molecule has 0 radical (unpaired) electrons. The molecule has 0 aliphatic carbocycles. The summed E-state index contributed by atoms with van der Waals surface area (Å²) in [6.45, 7) is 10.1. The van der Waals surface area contributed by atoms with E-state index in [9.17, 15) is 14.9 Å². The van der Waals surface area contributed by atoms with Crippen LogP contribution >= 0.6 is 23.1 Å². The zero-order chi connectivity index (χ0) is 18.7. The van der Waals surface area contributed by atoms with Gasteiger partial charge in [0.1, 0.15) is 17.3 Å². The highest BCUT2D eigenvalue weighted by atomic mass is 32.2. The molecule has 0 N–H and O–H groups in total. The third-order valence-electron chi connectivity index (χ3n) is 2.23. The molecule has 1 aromatic rings. The summed E-state index contributed by atoms with van der Waals surface area (Å²) in [4.78, 5) is 30.0. The monoisotopic (exact) mass is 371 g/mol. The number of nitriles is 1. The van der Waals surface area contributed by atoms with Gasteiger partial charge in [-0.2, -0.15) is 10.2 Å². The highest BCUT2D eigenvalue weighted by molar-refractivity contribution is 8.00. The largest absolute Gasteiger partial charge is 0.443 e. The van der Waals surface area contributed by atoms with Gasteiger partial charge in [-0.15, -0.1) is 0 Å². The van der Waals surface area contributed by atoms with Crippen molar-refractivity contribution in [3.05, 3.63) is 4.88 Å². The maximum Gasteiger partial charge on any atom is 0.425 e. The number of nitrogens with zero attached hydrogens (tertiary/aromatic N) is 3. The van der Waals surface area contributed by atoms with E-state index in [2.05, 4.69) is 4.98 Å². The van der Waals surface area contributed by atoms with Crippen molar-refractivity contribution in [2.75, 3.05) is 11.2 Å². The lowest BCUT2D eigenvalue weighted by Crippen LogP contribution is -2.44. The number of ether oxygens (including phenoxy) is 2. The molecule has 0 saturated heterocycles. The number of anilines is 1. The Morgan fingerprint density at radius 3 is 1.92 bits per heavy atom. The van der Waals surface area contributed by atoms with E-state index in [0.717, 1.165) is 11.3 Å². The van der Waals surface area contributed by atoms with Crippen LogP contribution in [0.2, 0.25) is 0 Å². The minimum atomic E-state index is -0.939. The highest BCUT2D eigenvalue weighted by Crippen LogP contribution is 2.32. The van der Waals surface area contributed by atoms with Gasteiger partial charge in [-0.3, -0.25) is 0 Å². The Kier molecular flexibility index (Phi) is 6.25. The van der Waals surface area contributed by atoms with E-state index in [1.165, 1.54) is 11.8 Å². The SMILES string of the molecule is CSc1nc(N(C(=O)OC(C)(C)C)C(=O)OC(C)(C)C)c(C#N)s1. The van der Waals surface area contributed by atoms with Crippen LogP contribution in [-0.2, 0) is 9.47 Å². The highest BCUT2D eigenvalue weighted by Gasteiger charge is 2.36. The van der Waals surface area contributed by atoms with Crippen LogP contribution in [0, 0.1) is 11.3 Å². The molecular weight excluding hydrogens is 350 g/mol. The summed E-state index contributed by atoms with van der Waals surface area (Å²) >= 11 is 2.40. The minimum Gasteiger partial charge on any atom is -0.443 e. The summed E-state index contributed by atoms with van der Waals surface area (Å²) < 4.78 is 11.1. The number of hydrogen-bond donors (Lipinski definition) is 0. The molecule has 24 heavy (non-hydrogen) atoms. The number of hydrogen-bond acceptors (Lipinski definition) is 8. The van der Waals surface area contributed by atoms with Crippen LogP contribution < -0.4 is 4.90 Å². The predicted octanol–water partition coefficient (Wildman–Crippen LogP) is 4.41. The van der Waals surface area contributed by atoms with Crippen molar-refractivity contribution in [2.24, 2.45) is 0 Å². The van der Waals surface area contributed by atoms with Gasteiger partial charge < -0.3 is 9.47 Å². The summed E-state index contributed by atoms with van der Waals surface area (Å²) in [5, 5.41) is 9.29. The molecule has 0 atom stereocenters. The first-order valence-electron chi connectivity index (χ1n) is 7.09. The van der Waals surface area contributed by atoms with Crippen molar-refractivity contribution >= 4 is 41.1 Å². The zero-order valence-corrected chi connectivity index (χ0v) is 16.4. The van der Waals surface area contributed by atoms with Crippen LogP contribution in [0.5, 0.6) is 0 Å². The number of carbonyl (C=O) groups excluding carboxylic acids is 2. The van der Waals surface area contributed by atoms with Gasteiger partial charge >= 0.3 is 12.2 Å². The number of amides is 2. The summed E-state index contributed by atoms with van der Waals surface area (Å²) in [5.41, 5.74) is -1.63. The molecule has 9 heteroatoms. The molecule has 0 bridgehead atoms. The molecule has 0 aliphatic heterocycles. The molecule has 0 fully saturated rings. The normalized spacial score (nSPS) is 11.6. The first kappa shape index (κ1) is 20.3. The summed E-state index contributed by atoms with van der Waals surface area (Å²) in [5.74, 6) is -0.0737. The second kappa shape index (κ2) is 7.40. The molecule has 0 unspecified atom stereocenters. The lowest BCUT2D eigenvalue weighted by molar-refractivity contribution is 0.0429. The summed E-state index contributed by atoms with van der Waals surface area (Å²) in [7, 11) is 0. The number of carbonyl (C=O) groups is 2. The molecule has 0 aliphatic rings. The Balaban J connectivity index is 3.33. The lowest BCUT2D eigenvalue weighted by Gasteiger charge is -2.27. The average Bonchev–Trinajstić information content (AvgIpc) is 2.77. The van der Waals surface area contributed by atoms with Crippen LogP contribution in [0.3, 0.4) is 0 Å². The van der Waals surface area contributed by atoms with Crippen molar-refractivity contribution < 1.29 is 19.1 Å². The second-order valence-electron chi connectivity index (χ2n) is 6.74. The smallest absolute Gasteiger partial charge is 0.425 e. The molecule has 1 heterocycles. The van der Waals surface area contributed by atoms with Crippen LogP contribution in [0.1, 0.15) is 46.4 Å². The van der Waals surface area contributed by atoms with Crippen LogP contribution in [0.25, 0.3) is 0 Å². The van der Waals surface area contributed by atoms with E-state index in [4.69, 9.17) is 9.47 Å². The molecule has 2 amide bonds. The Morgan fingerprint density at radius 1 is 1.12 bits per heavy atom. The standard InChI is InChI=1S/C15H21N3O4S2/c1-14(2,3)21-12(19)18(13(20)22-15(4,5)6)10-9(8-16)24-11(17-10)23-7/h1-7H3. The van der Waals surface area contributed by atoms with Crippen molar-refractivity contribution in [3.8, 4) is 6.07 Å². The van der Waals surface area contributed by atoms with Crippen molar-refractivity contribution in [1.29, 1.82) is 5.26 Å². The summed E-state index contributed by atoms with van der Waals surface area (Å²) in [6.07, 6.45) is -0.0906. The molecule has 1 rings (SSSR count). The van der Waals surface area contributed by atoms with Crippen molar-refractivity contribution in [3.63, 3.8) is 0 Å². The number of thioether (sulfide) groups is 1. The van der Waals surface area contributed by atoms with Gasteiger partial charge in [0.25, 0.3) is 0 Å². The molecule has 0 spiro atoms. The molecular formula is C15H21N3O4S2. The van der Waals surface area contributed by atoms with Crippen molar-refractivity contribution in [2.45, 2.75) is 57.1 Å². The van der Waals surface area contributed by atoms with Crippen LogP contribution in [0.4, 0.5) is 15.4 Å². The fourth-order valence-corrected chi connectivity index (χ4v) is 2.81. The molecule has 7 nitrogen and oxygen atoms in total. The van der Waals surface area contributed by atoms with E-state index in [1.807, 2.05) is 6.07 Å². The predicted molar refractivity (Wildman–Crippen MR) is 93.6 cm³/mol. The number of aromatic nitrogens is 1. The summed E-state index contributed by atoms with van der Waals surface area (Å²) in [6, 6.07) is 1.95. The quantitative estimate of drug-likeness (QED) is 0.711. The van der Waals surface area contributed by atoms with E-state index >= 15 is 0 Å². The number of imide groups is 1. The third-order valence-corrected chi connectivity index (χ3v) is 4.16. The maximum atomic E-state index is 12.5. The van der Waals surface area contributed by atoms with Gasteiger partial charge in [0.15, 0.2) is 15.0 Å². The zero-order valence-electron chi connectivity index (χ0n) is 14.8. The number of thiazole rings is 1. The second-order valence-corrected chi connectivity index (χ2v) is 8.80. The average molecular weight is 371 g/mol. The Morgan fingerprint density at radius 2 is 1.58 bits per heavy atom. The molecule has 0 saturated carbocycles. The topological polar surface area (TPSA) is 92.5 Å². The van der Waals surface area contributed by atoms with Gasteiger partial charge in [-0.25, -0.2) is 14.6 Å². The maximum absolute atomic E-state index is 12.5. The van der Waals surface area contributed by atoms with E-state index in [0.29, 0.717) is 9.24 Å². The Bertz CT molecular complexity index is 638. The van der Waals surface area contributed by atoms with E-state index in [1.54, 1.807) is 47.8 Å². The molecule has 0 aromatic carbocycles. The molecule has 1 aromatic heterocycles. The Labute approximate surface area is 149 Å². The van der Waals surface area contributed by atoms with Gasteiger partial charge in [0.2, 0.25) is 0 Å². The van der Waals surface area contributed by atoms with Crippen LogP contribution in [0.15, 0.2) is 4.34 Å². The Hall–Kier alpha value is -1.79. The van der Waals surface area contributed by atoms with Gasteiger partial charge in [-0.05, 0) is 47.8 Å². The number of rotatable bonds is 2. The fourth-order valence-electron chi connectivity index (χ4n) is 1.47. The van der Waals surface area contributed by atoms with E-state index < -0.39 is 23.4 Å². The third kappa shape index (κ3) is 5.69. The van der Waals surface area contributed by atoms with Gasteiger partial charge in [0.05, 0.1) is 0 Å². The first-order valence-corrected chi connectivity index (χ1v) is 9.13.